The first kappa shape index (κ1) is 17.1. The quantitative estimate of drug-likeness (QED) is 0.817. The van der Waals surface area contributed by atoms with Crippen LogP contribution < -0.4 is 0 Å². The fourth-order valence-corrected chi connectivity index (χ4v) is 2.21. The molecule has 2 aromatic carbocycles. The van der Waals surface area contributed by atoms with Crippen molar-refractivity contribution < 1.29 is 13.6 Å². The van der Waals surface area contributed by atoms with Crippen LogP contribution in [0.5, 0.6) is 0 Å². The van der Waals surface area contributed by atoms with Gasteiger partial charge in [-0.15, -0.1) is 0 Å². The van der Waals surface area contributed by atoms with Gasteiger partial charge < -0.3 is 9.80 Å². The summed E-state index contributed by atoms with van der Waals surface area (Å²) in [5.74, 6) is -1.84. The number of likely N-dealkylation sites (N-methyl/N-ethyl adjacent to an activating group) is 1. The lowest BCUT2D eigenvalue weighted by atomic mass is 10.1. The van der Waals surface area contributed by atoms with Crippen LogP contribution in [0.25, 0.3) is 0 Å². The summed E-state index contributed by atoms with van der Waals surface area (Å²) in [7, 11) is 3.79. The minimum atomic E-state index is -0.709. The largest absolute Gasteiger partial charge is 0.333 e. The number of benzene rings is 2. The maximum atomic E-state index is 13.9. The Kier molecular flexibility index (Phi) is 5.82. The van der Waals surface area contributed by atoms with Gasteiger partial charge in [-0.05, 0) is 37.9 Å². The van der Waals surface area contributed by atoms with E-state index in [1.807, 2.05) is 49.3 Å². The molecule has 0 N–H and O–H groups in total. The van der Waals surface area contributed by atoms with Crippen LogP contribution in [-0.4, -0.2) is 42.9 Å². The van der Waals surface area contributed by atoms with Gasteiger partial charge in [0.2, 0.25) is 0 Å². The Labute approximate surface area is 135 Å². The molecule has 2 aromatic rings. The van der Waals surface area contributed by atoms with Crippen molar-refractivity contribution >= 4 is 5.91 Å². The van der Waals surface area contributed by atoms with Crippen LogP contribution in [0, 0.1) is 11.6 Å². The van der Waals surface area contributed by atoms with Gasteiger partial charge in [-0.1, -0.05) is 30.3 Å². The third-order valence-electron chi connectivity index (χ3n) is 3.48. The summed E-state index contributed by atoms with van der Waals surface area (Å²) in [5, 5.41) is 0. The van der Waals surface area contributed by atoms with Crippen molar-refractivity contribution in [3.05, 3.63) is 71.3 Å². The van der Waals surface area contributed by atoms with E-state index in [0.29, 0.717) is 19.6 Å². The second-order valence-electron chi connectivity index (χ2n) is 5.64. The van der Waals surface area contributed by atoms with Crippen LogP contribution >= 0.6 is 0 Å². The van der Waals surface area contributed by atoms with Crippen molar-refractivity contribution in [1.82, 2.24) is 9.80 Å². The first-order valence-electron chi connectivity index (χ1n) is 7.40. The normalized spacial score (nSPS) is 10.8. The van der Waals surface area contributed by atoms with E-state index in [4.69, 9.17) is 0 Å². The van der Waals surface area contributed by atoms with E-state index < -0.39 is 17.5 Å². The van der Waals surface area contributed by atoms with Crippen LogP contribution in [0.4, 0.5) is 8.78 Å². The summed E-state index contributed by atoms with van der Waals surface area (Å²) in [6.45, 7) is 1.41. The number of halogens is 2. The molecule has 2 rings (SSSR count). The Bertz CT molecular complexity index is 659. The van der Waals surface area contributed by atoms with Gasteiger partial charge in [0.15, 0.2) is 0 Å². The molecule has 0 radical (unpaired) electrons. The van der Waals surface area contributed by atoms with Gasteiger partial charge >= 0.3 is 0 Å². The zero-order valence-electron chi connectivity index (χ0n) is 13.3. The lowest BCUT2D eigenvalue weighted by molar-refractivity contribution is 0.0726. The summed E-state index contributed by atoms with van der Waals surface area (Å²) in [6.07, 6.45) is 0. The number of carbonyl (C=O) groups excluding carboxylic acids is 1. The van der Waals surface area contributed by atoms with Crippen molar-refractivity contribution in [2.45, 2.75) is 6.54 Å². The zero-order chi connectivity index (χ0) is 16.8. The van der Waals surface area contributed by atoms with Crippen LogP contribution in [0.2, 0.25) is 0 Å². The summed E-state index contributed by atoms with van der Waals surface area (Å²) in [5.41, 5.74) is 0.705. The molecule has 122 valence electrons. The molecule has 0 aliphatic carbocycles. The monoisotopic (exact) mass is 318 g/mol. The minimum Gasteiger partial charge on any atom is -0.333 e. The molecule has 23 heavy (non-hydrogen) atoms. The minimum absolute atomic E-state index is 0.236. The third-order valence-corrected chi connectivity index (χ3v) is 3.48. The molecule has 0 unspecified atom stereocenters. The SMILES string of the molecule is CN(C)CCN(Cc1ccccc1)C(=O)c1cc(F)ccc1F. The van der Waals surface area contributed by atoms with Gasteiger partial charge in [0.25, 0.3) is 5.91 Å². The van der Waals surface area contributed by atoms with Crippen molar-refractivity contribution in [3.63, 3.8) is 0 Å². The molecule has 0 aromatic heterocycles. The summed E-state index contributed by atoms with van der Waals surface area (Å²) in [6, 6.07) is 12.4. The fraction of sp³-hybridized carbons (Fsp3) is 0.278. The first-order valence-corrected chi connectivity index (χ1v) is 7.40. The molecular formula is C18H20F2N2O. The number of hydrogen-bond acceptors (Lipinski definition) is 2. The van der Waals surface area contributed by atoms with E-state index in [2.05, 4.69) is 0 Å². The molecule has 0 aliphatic heterocycles. The van der Waals surface area contributed by atoms with E-state index in [9.17, 15) is 13.6 Å². The lowest BCUT2D eigenvalue weighted by Crippen LogP contribution is -2.36. The average Bonchev–Trinajstić information content (AvgIpc) is 2.54. The van der Waals surface area contributed by atoms with E-state index in [1.165, 1.54) is 4.90 Å². The third kappa shape index (κ3) is 4.86. The fourth-order valence-electron chi connectivity index (χ4n) is 2.21. The Morgan fingerprint density at radius 3 is 2.35 bits per heavy atom. The molecule has 0 spiro atoms. The molecule has 0 saturated carbocycles. The van der Waals surface area contributed by atoms with Gasteiger partial charge in [0, 0.05) is 19.6 Å². The van der Waals surface area contributed by atoms with Gasteiger partial charge in [-0.2, -0.15) is 0 Å². The number of carbonyl (C=O) groups is 1. The van der Waals surface area contributed by atoms with Gasteiger partial charge in [0.1, 0.15) is 11.6 Å². The standard InChI is InChI=1S/C18H20F2N2O/c1-21(2)10-11-22(13-14-6-4-3-5-7-14)18(23)16-12-15(19)8-9-17(16)20/h3-9,12H,10-11,13H2,1-2H3. The van der Waals surface area contributed by atoms with E-state index in [-0.39, 0.29) is 5.56 Å². The predicted molar refractivity (Wildman–Crippen MR) is 86.1 cm³/mol. The molecule has 0 fully saturated rings. The molecule has 0 atom stereocenters. The van der Waals surface area contributed by atoms with Gasteiger partial charge in [0.05, 0.1) is 5.56 Å². The molecule has 0 saturated heterocycles. The molecule has 0 heterocycles. The van der Waals surface area contributed by atoms with E-state index in [1.54, 1.807) is 0 Å². The van der Waals surface area contributed by atoms with E-state index >= 15 is 0 Å². The Morgan fingerprint density at radius 2 is 1.70 bits per heavy atom. The second-order valence-corrected chi connectivity index (χ2v) is 5.64. The molecule has 1 amide bonds. The number of rotatable bonds is 6. The Morgan fingerprint density at radius 1 is 1.00 bits per heavy atom. The van der Waals surface area contributed by atoms with Crippen molar-refractivity contribution in [1.29, 1.82) is 0 Å². The maximum Gasteiger partial charge on any atom is 0.257 e. The average molecular weight is 318 g/mol. The van der Waals surface area contributed by atoms with Crippen molar-refractivity contribution in [3.8, 4) is 0 Å². The Balaban J connectivity index is 2.24. The van der Waals surface area contributed by atoms with Gasteiger partial charge in [-0.3, -0.25) is 4.79 Å². The highest BCUT2D eigenvalue weighted by Gasteiger charge is 2.20. The van der Waals surface area contributed by atoms with E-state index in [0.717, 1.165) is 23.8 Å². The van der Waals surface area contributed by atoms with Gasteiger partial charge in [-0.25, -0.2) is 8.78 Å². The van der Waals surface area contributed by atoms with Crippen LogP contribution in [0.15, 0.2) is 48.5 Å². The first-order chi connectivity index (χ1) is 11.0. The highest BCUT2D eigenvalue weighted by atomic mass is 19.1. The predicted octanol–water partition coefficient (Wildman–Crippen LogP) is 3.17. The molecule has 0 aliphatic rings. The Hall–Kier alpha value is -2.27. The zero-order valence-corrected chi connectivity index (χ0v) is 13.3. The lowest BCUT2D eigenvalue weighted by Gasteiger charge is -2.25. The van der Waals surface area contributed by atoms with Crippen LogP contribution in [0.3, 0.4) is 0 Å². The molecule has 0 bridgehead atoms. The summed E-state index contributed by atoms with van der Waals surface area (Å²) in [4.78, 5) is 16.1. The maximum absolute atomic E-state index is 13.9. The second kappa shape index (κ2) is 7.83. The highest BCUT2D eigenvalue weighted by Crippen LogP contribution is 2.15. The summed E-state index contributed by atoms with van der Waals surface area (Å²) < 4.78 is 27.3. The molecule has 5 heteroatoms. The summed E-state index contributed by atoms with van der Waals surface area (Å²) >= 11 is 0. The highest BCUT2D eigenvalue weighted by molar-refractivity contribution is 5.94. The van der Waals surface area contributed by atoms with Crippen molar-refractivity contribution in [2.24, 2.45) is 0 Å². The number of nitrogens with zero attached hydrogens (tertiary/aromatic N) is 2. The number of amides is 1. The molecule has 3 nitrogen and oxygen atoms in total. The smallest absolute Gasteiger partial charge is 0.257 e. The van der Waals surface area contributed by atoms with Crippen LogP contribution in [-0.2, 0) is 6.54 Å². The topological polar surface area (TPSA) is 23.6 Å². The van der Waals surface area contributed by atoms with Crippen molar-refractivity contribution in [2.75, 3.05) is 27.2 Å². The number of hydrogen-bond donors (Lipinski definition) is 0. The molecular weight excluding hydrogens is 298 g/mol. The van der Waals surface area contributed by atoms with Crippen LogP contribution in [0.1, 0.15) is 15.9 Å².